The normalized spacial score (nSPS) is 24.9. The van der Waals surface area contributed by atoms with E-state index in [-0.39, 0.29) is 5.92 Å². The molecule has 0 amide bonds. The Morgan fingerprint density at radius 2 is 1.86 bits per heavy atom. The number of rotatable bonds is 4. The van der Waals surface area contributed by atoms with E-state index in [1.54, 1.807) is 0 Å². The van der Waals surface area contributed by atoms with Crippen molar-refractivity contribution >= 4 is 0 Å². The van der Waals surface area contributed by atoms with E-state index in [0.29, 0.717) is 19.1 Å². The van der Waals surface area contributed by atoms with Crippen LogP contribution in [0.25, 0.3) is 0 Å². The van der Waals surface area contributed by atoms with Gasteiger partial charge < -0.3 is 15.6 Å². The molecule has 0 bridgehead atoms. The van der Waals surface area contributed by atoms with E-state index in [9.17, 15) is 5.11 Å². The number of aliphatic hydroxyl groups is 1. The van der Waals surface area contributed by atoms with Crippen molar-refractivity contribution in [1.29, 1.82) is 0 Å². The van der Waals surface area contributed by atoms with E-state index in [1.807, 2.05) is 0 Å². The summed E-state index contributed by atoms with van der Waals surface area (Å²) in [6, 6.07) is 0. The molecule has 1 unspecified atom stereocenters. The van der Waals surface area contributed by atoms with E-state index in [4.69, 9.17) is 10.5 Å². The number of nitrogens with two attached hydrogens (primary N) is 1. The topological polar surface area (TPSA) is 55.5 Å². The zero-order valence-electron chi connectivity index (χ0n) is 9.71. The van der Waals surface area contributed by atoms with Gasteiger partial charge in [-0.25, -0.2) is 0 Å². The standard InChI is InChI=1S/C11H23NO2/c1-8(2)5-11(12,9(3)4)10(13)6-14-7-10/h8-9,13H,5-7,12H2,1-4H3. The lowest BCUT2D eigenvalue weighted by Crippen LogP contribution is -2.72. The molecule has 3 nitrogen and oxygen atoms in total. The van der Waals surface area contributed by atoms with Crippen molar-refractivity contribution in [3.05, 3.63) is 0 Å². The van der Waals surface area contributed by atoms with E-state index in [0.717, 1.165) is 6.42 Å². The van der Waals surface area contributed by atoms with Gasteiger partial charge in [0.2, 0.25) is 0 Å². The number of ether oxygens (including phenoxy) is 1. The predicted octanol–water partition coefficient (Wildman–Crippen LogP) is 1.15. The second-order valence-corrected chi connectivity index (χ2v) is 5.32. The molecule has 1 fully saturated rings. The first-order valence-corrected chi connectivity index (χ1v) is 5.41. The third-order valence-corrected chi connectivity index (χ3v) is 3.32. The minimum atomic E-state index is -0.814. The summed E-state index contributed by atoms with van der Waals surface area (Å²) in [6.45, 7) is 9.17. The van der Waals surface area contributed by atoms with Gasteiger partial charge in [-0.05, 0) is 18.3 Å². The molecule has 3 N–H and O–H groups in total. The summed E-state index contributed by atoms with van der Waals surface area (Å²) in [5.74, 6) is 0.755. The van der Waals surface area contributed by atoms with Crippen LogP contribution < -0.4 is 5.73 Å². The fraction of sp³-hybridized carbons (Fsp3) is 1.00. The van der Waals surface area contributed by atoms with Crippen LogP contribution in [0.4, 0.5) is 0 Å². The first-order chi connectivity index (χ1) is 6.32. The average Bonchev–Trinajstić information content (AvgIpc) is 1.98. The first-order valence-electron chi connectivity index (χ1n) is 5.41. The van der Waals surface area contributed by atoms with Crippen LogP contribution in [0.2, 0.25) is 0 Å². The third kappa shape index (κ3) is 1.81. The monoisotopic (exact) mass is 201 g/mol. The molecule has 0 spiro atoms. The Labute approximate surface area is 86.6 Å². The molecule has 1 heterocycles. The maximum atomic E-state index is 10.3. The summed E-state index contributed by atoms with van der Waals surface area (Å²) in [7, 11) is 0. The molecule has 3 heteroatoms. The highest BCUT2D eigenvalue weighted by molar-refractivity contribution is 5.09. The maximum absolute atomic E-state index is 10.3. The number of hydrogen-bond donors (Lipinski definition) is 2. The van der Waals surface area contributed by atoms with Gasteiger partial charge in [0, 0.05) is 0 Å². The Balaban J connectivity index is 2.80. The summed E-state index contributed by atoms with van der Waals surface area (Å²) in [5, 5.41) is 10.3. The van der Waals surface area contributed by atoms with Crippen molar-refractivity contribution in [1.82, 2.24) is 0 Å². The van der Waals surface area contributed by atoms with Crippen LogP contribution in [0.1, 0.15) is 34.1 Å². The average molecular weight is 201 g/mol. The van der Waals surface area contributed by atoms with Gasteiger partial charge in [0.25, 0.3) is 0 Å². The van der Waals surface area contributed by atoms with Gasteiger partial charge in [-0.3, -0.25) is 0 Å². The van der Waals surface area contributed by atoms with Crippen LogP contribution in [-0.2, 0) is 4.74 Å². The van der Waals surface area contributed by atoms with Crippen LogP contribution in [0.15, 0.2) is 0 Å². The van der Waals surface area contributed by atoms with E-state index in [1.165, 1.54) is 0 Å². The molecule has 84 valence electrons. The molecular weight excluding hydrogens is 178 g/mol. The van der Waals surface area contributed by atoms with Crippen LogP contribution >= 0.6 is 0 Å². The van der Waals surface area contributed by atoms with Crippen molar-refractivity contribution in [2.75, 3.05) is 13.2 Å². The van der Waals surface area contributed by atoms with Crippen LogP contribution in [0.3, 0.4) is 0 Å². The second kappa shape index (κ2) is 3.80. The predicted molar refractivity (Wildman–Crippen MR) is 57.0 cm³/mol. The molecular formula is C11H23NO2. The second-order valence-electron chi connectivity index (χ2n) is 5.32. The van der Waals surface area contributed by atoms with Crippen molar-refractivity contribution in [2.45, 2.75) is 45.3 Å². The molecule has 1 rings (SSSR count). The van der Waals surface area contributed by atoms with Gasteiger partial charge in [-0.15, -0.1) is 0 Å². The fourth-order valence-electron chi connectivity index (χ4n) is 2.20. The summed E-state index contributed by atoms with van der Waals surface area (Å²) >= 11 is 0. The van der Waals surface area contributed by atoms with Gasteiger partial charge in [-0.2, -0.15) is 0 Å². The quantitative estimate of drug-likeness (QED) is 0.717. The molecule has 14 heavy (non-hydrogen) atoms. The van der Waals surface area contributed by atoms with Crippen molar-refractivity contribution in [2.24, 2.45) is 17.6 Å². The Kier molecular flexibility index (Phi) is 3.24. The minimum Gasteiger partial charge on any atom is -0.383 e. The van der Waals surface area contributed by atoms with E-state index >= 15 is 0 Å². The largest absolute Gasteiger partial charge is 0.383 e. The van der Waals surface area contributed by atoms with Gasteiger partial charge in [0.05, 0.1) is 18.8 Å². The molecule has 0 aliphatic carbocycles. The van der Waals surface area contributed by atoms with Crippen molar-refractivity contribution in [3.63, 3.8) is 0 Å². The highest BCUT2D eigenvalue weighted by atomic mass is 16.5. The SMILES string of the molecule is CC(C)CC(N)(C(C)C)C1(O)COC1. The minimum absolute atomic E-state index is 0.263. The smallest absolute Gasteiger partial charge is 0.129 e. The Morgan fingerprint density at radius 3 is 2.07 bits per heavy atom. The van der Waals surface area contributed by atoms with Crippen molar-refractivity contribution in [3.8, 4) is 0 Å². The molecule has 1 aliphatic heterocycles. The molecule has 0 saturated carbocycles. The molecule has 0 aromatic rings. The van der Waals surface area contributed by atoms with Crippen LogP contribution in [0.5, 0.6) is 0 Å². The van der Waals surface area contributed by atoms with E-state index < -0.39 is 11.1 Å². The Hall–Kier alpha value is -0.120. The zero-order valence-corrected chi connectivity index (χ0v) is 9.71. The molecule has 0 aromatic carbocycles. The fourth-order valence-corrected chi connectivity index (χ4v) is 2.20. The van der Waals surface area contributed by atoms with Gasteiger partial charge in [-0.1, -0.05) is 27.7 Å². The molecule has 0 aromatic heterocycles. The van der Waals surface area contributed by atoms with Crippen LogP contribution in [-0.4, -0.2) is 29.5 Å². The lowest BCUT2D eigenvalue weighted by molar-refractivity contribution is -0.225. The van der Waals surface area contributed by atoms with Crippen molar-refractivity contribution < 1.29 is 9.84 Å². The lowest BCUT2D eigenvalue weighted by atomic mass is 9.67. The first kappa shape index (κ1) is 12.0. The van der Waals surface area contributed by atoms with Gasteiger partial charge in [0.1, 0.15) is 5.60 Å². The molecule has 1 atom stereocenters. The molecule has 1 aliphatic rings. The third-order valence-electron chi connectivity index (χ3n) is 3.32. The Morgan fingerprint density at radius 1 is 1.36 bits per heavy atom. The summed E-state index contributed by atoms with van der Waals surface area (Å²) in [6.07, 6.45) is 0.838. The zero-order chi connectivity index (χ0) is 11.0. The maximum Gasteiger partial charge on any atom is 0.129 e. The Bertz CT molecular complexity index is 199. The van der Waals surface area contributed by atoms with E-state index in [2.05, 4.69) is 27.7 Å². The van der Waals surface area contributed by atoms with Gasteiger partial charge in [0.15, 0.2) is 0 Å². The molecule has 0 radical (unpaired) electrons. The number of hydrogen-bond acceptors (Lipinski definition) is 3. The summed E-state index contributed by atoms with van der Waals surface area (Å²) in [5.41, 5.74) is 5.02. The lowest BCUT2D eigenvalue weighted by Gasteiger charge is -2.52. The summed E-state index contributed by atoms with van der Waals surface area (Å²) in [4.78, 5) is 0. The van der Waals surface area contributed by atoms with Crippen LogP contribution in [0, 0.1) is 11.8 Å². The highest BCUT2D eigenvalue weighted by Crippen LogP contribution is 2.38. The molecule has 1 saturated heterocycles. The summed E-state index contributed by atoms with van der Waals surface area (Å²) < 4.78 is 5.09. The highest BCUT2D eigenvalue weighted by Gasteiger charge is 2.54. The van der Waals surface area contributed by atoms with Gasteiger partial charge >= 0.3 is 0 Å².